The summed E-state index contributed by atoms with van der Waals surface area (Å²) in [5.74, 6) is 0. The van der Waals surface area contributed by atoms with Gasteiger partial charge in [-0.05, 0) is 35.1 Å². The van der Waals surface area contributed by atoms with Crippen LogP contribution >= 0.6 is 0 Å². The molecule has 4 rings (SSSR count). The summed E-state index contributed by atoms with van der Waals surface area (Å²) >= 11 is 0. The van der Waals surface area contributed by atoms with Gasteiger partial charge in [0.15, 0.2) is 0 Å². The zero-order chi connectivity index (χ0) is 12.2. The van der Waals surface area contributed by atoms with E-state index in [0.29, 0.717) is 0 Å². The first-order chi connectivity index (χ1) is 8.93. The zero-order valence-electron chi connectivity index (χ0n) is 11.6. The fraction of sp³-hybridized carbons (Fsp3) is 0.111. The van der Waals surface area contributed by atoms with Crippen LogP contribution in [-0.4, -0.2) is 0 Å². The second-order valence-electron chi connectivity index (χ2n) is 4.61. The van der Waals surface area contributed by atoms with Gasteiger partial charge < -0.3 is 24.8 Å². The van der Waals surface area contributed by atoms with Crippen LogP contribution in [-0.2, 0) is 34.6 Å². The normalized spacial score (nSPS) is 11.8. The second-order valence-corrected chi connectivity index (χ2v) is 4.61. The molecular weight excluding hydrogens is 335 g/mol. The molecule has 21 heavy (non-hydrogen) atoms. The fourth-order valence-corrected chi connectivity index (χ4v) is 2.39. The predicted octanol–water partition coefficient (Wildman–Crippen LogP) is -1.48. The average molecular weight is 351 g/mol. The number of benzene rings is 2. The Hall–Kier alpha value is -0.786. The van der Waals surface area contributed by atoms with Crippen LogP contribution < -0.4 is 24.8 Å². The van der Waals surface area contributed by atoms with E-state index in [1.165, 1.54) is 22.3 Å². The molecule has 0 bridgehead atoms. The first-order valence-corrected chi connectivity index (χ1v) is 6.42. The minimum atomic E-state index is 0. The molecule has 0 saturated carbocycles. The van der Waals surface area contributed by atoms with E-state index in [0.717, 1.165) is 12.8 Å². The minimum absolute atomic E-state index is 0. The fourth-order valence-electron chi connectivity index (χ4n) is 2.39. The van der Waals surface area contributed by atoms with Crippen molar-refractivity contribution in [1.82, 2.24) is 0 Å². The summed E-state index contributed by atoms with van der Waals surface area (Å²) in [7, 11) is 0. The molecule has 2 aromatic rings. The molecule has 0 fully saturated rings. The molecule has 2 aromatic carbocycles. The SMILES string of the molecule is C1=Cc2ccccc2C1.C1=Cc2ccccc2C1.[Cl-].[Cl-].[Ti+2]. The molecule has 0 radical (unpaired) electrons. The second kappa shape index (κ2) is 10.0. The summed E-state index contributed by atoms with van der Waals surface area (Å²) in [6, 6.07) is 17.0. The molecule has 0 amide bonds. The van der Waals surface area contributed by atoms with Crippen LogP contribution in [0.4, 0.5) is 0 Å². The van der Waals surface area contributed by atoms with Gasteiger partial charge in [-0.2, -0.15) is 0 Å². The van der Waals surface area contributed by atoms with Gasteiger partial charge in [0, 0.05) is 0 Å². The van der Waals surface area contributed by atoms with Gasteiger partial charge in [0.1, 0.15) is 0 Å². The summed E-state index contributed by atoms with van der Waals surface area (Å²) < 4.78 is 0. The summed E-state index contributed by atoms with van der Waals surface area (Å²) in [6.45, 7) is 0. The number of rotatable bonds is 0. The van der Waals surface area contributed by atoms with Gasteiger partial charge in [-0.3, -0.25) is 0 Å². The number of allylic oxidation sites excluding steroid dienone is 2. The van der Waals surface area contributed by atoms with Gasteiger partial charge in [0.25, 0.3) is 0 Å². The van der Waals surface area contributed by atoms with Crippen molar-refractivity contribution in [1.29, 1.82) is 0 Å². The monoisotopic (exact) mass is 350 g/mol. The van der Waals surface area contributed by atoms with Crippen LogP contribution in [0.15, 0.2) is 60.7 Å². The Kier molecular flexibility index (Phi) is 9.65. The Bertz CT molecular complexity index is 563. The third kappa shape index (κ3) is 5.16. The van der Waals surface area contributed by atoms with Gasteiger partial charge in [0.05, 0.1) is 0 Å². The Balaban J connectivity index is 0.000000333. The van der Waals surface area contributed by atoms with Crippen molar-refractivity contribution >= 4 is 12.2 Å². The van der Waals surface area contributed by atoms with Crippen molar-refractivity contribution in [2.24, 2.45) is 0 Å². The molecule has 0 nitrogen and oxygen atoms in total. The van der Waals surface area contributed by atoms with E-state index in [2.05, 4.69) is 72.8 Å². The molecule has 0 atom stereocenters. The number of hydrogen-bond acceptors (Lipinski definition) is 0. The van der Waals surface area contributed by atoms with Crippen molar-refractivity contribution in [3.8, 4) is 0 Å². The van der Waals surface area contributed by atoms with Gasteiger partial charge in [0.2, 0.25) is 0 Å². The van der Waals surface area contributed by atoms with Gasteiger partial charge >= 0.3 is 21.7 Å². The minimum Gasteiger partial charge on any atom is -1.00 e. The van der Waals surface area contributed by atoms with E-state index < -0.39 is 0 Å². The maximum atomic E-state index is 2.20. The van der Waals surface area contributed by atoms with E-state index in [1.54, 1.807) is 0 Å². The van der Waals surface area contributed by atoms with Gasteiger partial charge in [-0.25, -0.2) is 0 Å². The molecule has 106 valence electrons. The van der Waals surface area contributed by atoms with Crippen LogP contribution in [0.1, 0.15) is 22.3 Å². The third-order valence-corrected chi connectivity index (χ3v) is 3.38. The molecule has 0 unspecified atom stereocenters. The van der Waals surface area contributed by atoms with E-state index in [1.807, 2.05) is 0 Å². The van der Waals surface area contributed by atoms with Crippen molar-refractivity contribution < 1.29 is 46.5 Å². The maximum Gasteiger partial charge on any atom is 2.00 e. The standard InChI is InChI=1S/2C9H8.2ClH.Ti/c2*1-2-5-9-7-3-6-8(9)4-1;;;/h2*1-6H,7H2;2*1H;/q;;;;+2/p-2. The van der Waals surface area contributed by atoms with Crippen molar-refractivity contribution in [2.45, 2.75) is 12.8 Å². The van der Waals surface area contributed by atoms with Gasteiger partial charge in [-0.15, -0.1) is 0 Å². The van der Waals surface area contributed by atoms with Crippen molar-refractivity contribution in [3.63, 3.8) is 0 Å². The summed E-state index contributed by atoms with van der Waals surface area (Å²) in [4.78, 5) is 0. The smallest absolute Gasteiger partial charge is 1.00 e. The number of hydrogen-bond donors (Lipinski definition) is 0. The maximum absolute atomic E-state index is 2.20. The van der Waals surface area contributed by atoms with Crippen molar-refractivity contribution in [2.75, 3.05) is 0 Å². The molecule has 0 aromatic heterocycles. The Morgan fingerprint density at radius 3 is 1.33 bits per heavy atom. The Morgan fingerprint density at radius 1 is 0.571 bits per heavy atom. The zero-order valence-corrected chi connectivity index (χ0v) is 14.7. The largest absolute Gasteiger partial charge is 2.00 e. The molecule has 0 saturated heterocycles. The van der Waals surface area contributed by atoms with Crippen LogP contribution in [0, 0.1) is 0 Å². The first-order valence-electron chi connectivity index (χ1n) is 6.42. The van der Waals surface area contributed by atoms with Gasteiger partial charge in [-0.1, -0.05) is 72.8 Å². The topological polar surface area (TPSA) is 0 Å². The molecule has 2 aliphatic carbocycles. The Labute approximate surface area is 154 Å². The van der Waals surface area contributed by atoms with Crippen LogP contribution in [0.3, 0.4) is 0 Å². The summed E-state index contributed by atoms with van der Waals surface area (Å²) in [5.41, 5.74) is 5.69. The quantitative estimate of drug-likeness (QED) is 0.508. The van der Waals surface area contributed by atoms with E-state index >= 15 is 0 Å². The van der Waals surface area contributed by atoms with Crippen molar-refractivity contribution in [3.05, 3.63) is 82.9 Å². The molecule has 0 heterocycles. The third-order valence-electron chi connectivity index (χ3n) is 3.38. The van der Waals surface area contributed by atoms with Crippen LogP contribution in [0.25, 0.3) is 12.2 Å². The molecule has 0 N–H and O–H groups in total. The molecule has 0 spiro atoms. The van der Waals surface area contributed by atoms with E-state index in [9.17, 15) is 0 Å². The molecule has 2 aliphatic rings. The van der Waals surface area contributed by atoms with E-state index in [-0.39, 0.29) is 46.5 Å². The Morgan fingerprint density at radius 2 is 0.952 bits per heavy atom. The summed E-state index contributed by atoms with van der Waals surface area (Å²) in [6.07, 6.45) is 11.0. The van der Waals surface area contributed by atoms with Crippen LogP contribution in [0.5, 0.6) is 0 Å². The average Bonchev–Trinajstić information content (AvgIpc) is 3.08. The van der Waals surface area contributed by atoms with E-state index in [4.69, 9.17) is 0 Å². The molecule has 3 heteroatoms. The first kappa shape index (κ1) is 20.2. The number of halogens is 2. The summed E-state index contributed by atoms with van der Waals surface area (Å²) in [5, 5.41) is 0. The predicted molar refractivity (Wildman–Crippen MR) is 78.4 cm³/mol. The van der Waals surface area contributed by atoms with Crippen LogP contribution in [0.2, 0.25) is 0 Å². The molecular formula is C18H16Cl2Ti. The molecule has 0 aliphatic heterocycles. The number of fused-ring (bicyclic) bond motifs is 2.